The molecule has 0 bridgehead atoms. The van der Waals surface area contributed by atoms with Gasteiger partial charge in [0.25, 0.3) is 5.91 Å². The van der Waals surface area contributed by atoms with Crippen LogP contribution < -0.4 is 4.74 Å². The minimum Gasteiger partial charge on any atom is -0.491 e. The van der Waals surface area contributed by atoms with Crippen LogP contribution in [0.1, 0.15) is 23.1 Å². The molecule has 2 amide bonds. The van der Waals surface area contributed by atoms with E-state index in [0.717, 1.165) is 22.6 Å². The van der Waals surface area contributed by atoms with Crippen molar-refractivity contribution in [2.24, 2.45) is 0 Å². The largest absolute Gasteiger partial charge is 0.491 e. The second-order valence-corrected chi connectivity index (χ2v) is 7.26. The summed E-state index contributed by atoms with van der Waals surface area (Å²) in [6.07, 6.45) is -5.78. The first-order chi connectivity index (χ1) is 14.2. The monoisotopic (exact) mass is 421 g/mol. The molecular weight excluding hydrogens is 403 g/mol. The number of aliphatic hydroxyl groups is 1. The summed E-state index contributed by atoms with van der Waals surface area (Å²) in [5.41, 5.74) is -0.695. The van der Waals surface area contributed by atoms with Crippen LogP contribution in [-0.4, -0.2) is 41.3 Å². The first kappa shape index (κ1) is 20.2. The van der Waals surface area contributed by atoms with Gasteiger partial charge in [-0.3, -0.25) is 4.79 Å². The number of alkyl halides is 3. The molecule has 6 nitrogen and oxygen atoms in total. The number of halogens is 3. The third-order valence-electron chi connectivity index (χ3n) is 5.27. The van der Waals surface area contributed by atoms with Gasteiger partial charge in [-0.1, -0.05) is 30.3 Å². The Kier molecular flexibility index (Phi) is 4.93. The summed E-state index contributed by atoms with van der Waals surface area (Å²) < 4.78 is 49.0. The zero-order chi connectivity index (χ0) is 21.5. The number of hydrogen-bond donors (Lipinski definition) is 1. The van der Waals surface area contributed by atoms with Gasteiger partial charge in [-0.05, 0) is 30.2 Å². The Morgan fingerprint density at radius 1 is 1.17 bits per heavy atom. The summed E-state index contributed by atoms with van der Waals surface area (Å²) in [6.45, 7) is -0.789. The minimum absolute atomic E-state index is 0.0830. The van der Waals surface area contributed by atoms with Crippen LogP contribution in [0.5, 0.6) is 5.75 Å². The fraction of sp³-hybridized carbons (Fsp3) is 0.333. The Balaban J connectivity index is 1.42. The van der Waals surface area contributed by atoms with E-state index in [1.807, 2.05) is 12.1 Å². The van der Waals surface area contributed by atoms with E-state index >= 15 is 0 Å². The maximum atomic E-state index is 13.0. The molecule has 2 atom stereocenters. The van der Waals surface area contributed by atoms with E-state index in [2.05, 4.69) is 0 Å². The number of ether oxygens (including phenoxy) is 2. The molecule has 0 unspecified atom stereocenters. The van der Waals surface area contributed by atoms with Crippen LogP contribution in [0.3, 0.4) is 0 Å². The Morgan fingerprint density at radius 3 is 2.70 bits per heavy atom. The number of hydrogen-bond acceptors (Lipinski definition) is 5. The number of carbonyl (C=O) groups is 2. The first-order valence-electron chi connectivity index (χ1n) is 9.32. The number of amides is 2. The van der Waals surface area contributed by atoms with E-state index in [9.17, 15) is 27.9 Å². The van der Waals surface area contributed by atoms with Gasteiger partial charge in [-0.2, -0.15) is 13.2 Å². The van der Waals surface area contributed by atoms with Crippen molar-refractivity contribution in [2.75, 3.05) is 13.2 Å². The maximum absolute atomic E-state index is 13.0. The first-order valence-corrected chi connectivity index (χ1v) is 9.32. The fourth-order valence-corrected chi connectivity index (χ4v) is 3.83. The smallest absolute Gasteiger partial charge is 0.418 e. The van der Waals surface area contributed by atoms with E-state index in [4.69, 9.17) is 9.47 Å². The highest BCUT2D eigenvalue weighted by molar-refractivity contribution is 6.04. The van der Waals surface area contributed by atoms with Gasteiger partial charge in [-0.25, -0.2) is 9.69 Å². The van der Waals surface area contributed by atoms with Crippen molar-refractivity contribution in [2.45, 2.75) is 30.7 Å². The van der Waals surface area contributed by atoms with Crippen LogP contribution in [0.2, 0.25) is 0 Å². The van der Waals surface area contributed by atoms with Gasteiger partial charge in [0, 0.05) is 12.0 Å². The third-order valence-corrected chi connectivity index (χ3v) is 5.27. The molecular formula is C21H18F3NO5. The summed E-state index contributed by atoms with van der Waals surface area (Å²) in [5, 5.41) is 10.2. The van der Waals surface area contributed by atoms with Crippen LogP contribution >= 0.6 is 0 Å². The van der Waals surface area contributed by atoms with Crippen molar-refractivity contribution in [1.82, 2.24) is 4.90 Å². The van der Waals surface area contributed by atoms with Gasteiger partial charge >= 0.3 is 12.3 Å². The van der Waals surface area contributed by atoms with Crippen LogP contribution in [0, 0.1) is 0 Å². The molecule has 1 N–H and O–H groups in total. The number of fused-ring (bicyclic) bond motifs is 2. The number of imide groups is 1. The van der Waals surface area contributed by atoms with Crippen LogP contribution in [-0.2, 0) is 27.7 Å². The molecule has 30 heavy (non-hydrogen) atoms. The molecule has 1 aliphatic heterocycles. The van der Waals surface area contributed by atoms with Crippen molar-refractivity contribution in [3.8, 4) is 5.75 Å². The molecule has 2 aromatic carbocycles. The average molecular weight is 421 g/mol. The lowest BCUT2D eigenvalue weighted by Crippen LogP contribution is -2.42. The molecule has 0 radical (unpaired) electrons. The fourth-order valence-electron chi connectivity index (χ4n) is 3.83. The molecule has 2 aromatic rings. The second kappa shape index (κ2) is 7.32. The molecule has 4 rings (SSSR count). The van der Waals surface area contributed by atoms with Crippen molar-refractivity contribution in [3.05, 3.63) is 65.2 Å². The molecule has 2 aliphatic rings. The highest BCUT2D eigenvalue weighted by atomic mass is 19.4. The summed E-state index contributed by atoms with van der Waals surface area (Å²) in [5.74, 6) is -0.643. The predicted octanol–water partition coefficient (Wildman–Crippen LogP) is 3.27. The van der Waals surface area contributed by atoms with E-state index in [1.165, 1.54) is 12.1 Å². The highest BCUT2D eigenvalue weighted by Gasteiger charge is 2.58. The van der Waals surface area contributed by atoms with E-state index in [0.29, 0.717) is 18.4 Å². The summed E-state index contributed by atoms with van der Waals surface area (Å²) in [4.78, 5) is 26.1. The Labute approximate surface area is 169 Å². The third kappa shape index (κ3) is 3.49. The van der Waals surface area contributed by atoms with Gasteiger partial charge < -0.3 is 14.6 Å². The normalized spacial score (nSPS) is 21.7. The zero-order valence-corrected chi connectivity index (χ0v) is 15.7. The number of β-amino-alcohol motifs (C(OH)–C–C–N with tert-alkyl or cyclic N) is 1. The summed E-state index contributed by atoms with van der Waals surface area (Å²) >= 11 is 0. The van der Waals surface area contributed by atoms with Crippen LogP contribution in [0.25, 0.3) is 0 Å². The highest BCUT2D eigenvalue weighted by Crippen LogP contribution is 2.45. The Hall–Kier alpha value is -3.07. The van der Waals surface area contributed by atoms with E-state index in [-0.39, 0.29) is 12.3 Å². The molecule has 0 saturated carbocycles. The number of carbonyl (C=O) groups excluding carboxylic acids is 2. The summed E-state index contributed by atoms with van der Waals surface area (Å²) in [7, 11) is 0. The number of aryl methyl sites for hydroxylation is 1. The standard InChI is InChI=1S/C21H18F3NO5/c22-21(23,24)14-5-3-6-16(10-14)29-12-15(26)11-25-18(27)20(30-19(25)28)9-8-13-4-1-2-7-17(13)20/h1-7,10,15,26H,8-9,11-12H2/t15-,20-/m1/s1. The number of benzene rings is 2. The lowest BCUT2D eigenvalue weighted by molar-refractivity contribution is -0.139. The SMILES string of the molecule is O=C1O[C@@]2(CCc3ccccc32)C(=O)N1C[C@@H](O)COc1cccc(C(F)(F)F)c1. The van der Waals surface area contributed by atoms with E-state index in [1.54, 1.807) is 12.1 Å². The molecule has 1 heterocycles. The molecule has 0 aromatic heterocycles. The van der Waals surface area contributed by atoms with Gasteiger partial charge in [0.2, 0.25) is 5.60 Å². The Bertz CT molecular complexity index is 993. The summed E-state index contributed by atoms with van der Waals surface area (Å²) in [6, 6.07) is 11.4. The lowest BCUT2D eigenvalue weighted by Gasteiger charge is -2.21. The predicted molar refractivity (Wildman–Crippen MR) is 97.6 cm³/mol. The second-order valence-electron chi connectivity index (χ2n) is 7.26. The lowest BCUT2D eigenvalue weighted by atomic mass is 9.95. The maximum Gasteiger partial charge on any atom is 0.418 e. The zero-order valence-electron chi connectivity index (χ0n) is 15.7. The quantitative estimate of drug-likeness (QED) is 0.802. The van der Waals surface area contributed by atoms with Crippen molar-refractivity contribution >= 4 is 12.0 Å². The molecule has 158 valence electrons. The van der Waals surface area contributed by atoms with Crippen molar-refractivity contribution in [1.29, 1.82) is 0 Å². The average Bonchev–Trinajstić information content (AvgIpc) is 3.19. The van der Waals surface area contributed by atoms with Crippen LogP contribution in [0.4, 0.5) is 18.0 Å². The molecule has 1 fully saturated rings. The number of rotatable bonds is 5. The molecule has 1 saturated heterocycles. The van der Waals surface area contributed by atoms with Gasteiger partial charge in [0.15, 0.2) is 0 Å². The molecule has 9 heteroatoms. The van der Waals surface area contributed by atoms with Crippen LogP contribution in [0.15, 0.2) is 48.5 Å². The van der Waals surface area contributed by atoms with Crippen molar-refractivity contribution < 1.29 is 37.3 Å². The van der Waals surface area contributed by atoms with Gasteiger partial charge in [-0.15, -0.1) is 0 Å². The van der Waals surface area contributed by atoms with Crippen molar-refractivity contribution in [3.63, 3.8) is 0 Å². The topological polar surface area (TPSA) is 76.1 Å². The van der Waals surface area contributed by atoms with Gasteiger partial charge in [0.05, 0.1) is 12.1 Å². The Morgan fingerprint density at radius 2 is 1.93 bits per heavy atom. The minimum atomic E-state index is -4.52. The number of nitrogens with zero attached hydrogens (tertiary/aromatic N) is 1. The molecule has 1 spiro atoms. The molecule has 1 aliphatic carbocycles. The van der Waals surface area contributed by atoms with Gasteiger partial charge in [0.1, 0.15) is 18.5 Å². The van der Waals surface area contributed by atoms with E-state index < -0.39 is 42.1 Å². The number of aliphatic hydroxyl groups excluding tert-OH is 1.